The molecule has 2 N–H and O–H groups in total. The van der Waals surface area contributed by atoms with Gasteiger partial charge in [-0.1, -0.05) is 25.1 Å². The van der Waals surface area contributed by atoms with E-state index < -0.39 is 5.97 Å². The minimum absolute atomic E-state index is 0.0917. The average Bonchev–Trinajstić information content (AvgIpc) is 3.01. The van der Waals surface area contributed by atoms with Crippen LogP contribution in [0.25, 0.3) is 16.5 Å². The van der Waals surface area contributed by atoms with E-state index in [0.717, 1.165) is 16.5 Å². The molecule has 0 aliphatic carbocycles. The van der Waals surface area contributed by atoms with E-state index in [4.69, 9.17) is 4.74 Å². The SMILES string of the molecule is CCC1Cc2c([nH]c3ccccc23)C(C(=O)O)=CN1C(=O)c1ccc(OC)cc1. The Labute approximate surface area is 168 Å². The van der Waals surface area contributed by atoms with Crippen LogP contribution >= 0.6 is 0 Å². The van der Waals surface area contributed by atoms with Gasteiger partial charge in [-0.15, -0.1) is 0 Å². The molecule has 1 atom stereocenters. The summed E-state index contributed by atoms with van der Waals surface area (Å²) in [5.74, 6) is -0.637. The quantitative estimate of drug-likeness (QED) is 0.703. The molecule has 3 aromatic rings. The summed E-state index contributed by atoms with van der Waals surface area (Å²) in [6, 6.07) is 14.5. The fraction of sp³-hybridized carbons (Fsp3) is 0.217. The lowest BCUT2D eigenvalue weighted by molar-refractivity contribution is -0.130. The number of para-hydroxylation sites is 1. The van der Waals surface area contributed by atoms with E-state index in [-0.39, 0.29) is 17.5 Å². The number of hydrogen-bond acceptors (Lipinski definition) is 3. The molecule has 1 aliphatic rings. The molecule has 1 aromatic heterocycles. The van der Waals surface area contributed by atoms with E-state index in [2.05, 4.69) is 4.98 Å². The Balaban J connectivity index is 1.83. The van der Waals surface area contributed by atoms with Crippen LogP contribution in [0.3, 0.4) is 0 Å². The number of amides is 1. The number of rotatable bonds is 4. The van der Waals surface area contributed by atoms with Crippen molar-refractivity contribution in [2.75, 3.05) is 7.11 Å². The number of nitrogens with zero attached hydrogens (tertiary/aromatic N) is 1. The summed E-state index contributed by atoms with van der Waals surface area (Å²) in [7, 11) is 1.57. The molecule has 2 heterocycles. The lowest BCUT2D eigenvalue weighted by Gasteiger charge is -2.27. The number of aromatic nitrogens is 1. The monoisotopic (exact) mass is 390 g/mol. The first-order valence-corrected chi connectivity index (χ1v) is 9.55. The van der Waals surface area contributed by atoms with E-state index in [9.17, 15) is 14.7 Å². The summed E-state index contributed by atoms with van der Waals surface area (Å²) < 4.78 is 5.16. The van der Waals surface area contributed by atoms with Crippen LogP contribution in [-0.4, -0.2) is 40.0 Å². The minimum atomic E-state index is -1.07. The molecular weight excluding hydrogens is 368 g/mol. The smallest absolute Gasteiger partial charge is 0.339 e. The van der Waals surface area contributed by atoms with Crippen molar-refractivity contribution >= 4 is 28.4 Å². The van der Waals surface area contributed by atoms with Crippen molar-refractivity contribution in [2.24, 2.45) is 0 Å². The van der Waals surface area contributed by atoms with Gasteiger partial charge < -0.3 is 19.7 Å². The maximum absolute atomic E-state index is 13.3. The molecule has 0 saturated heterocycles. The summed E-state index contributed by atoms with van der Waals surface area (Å²) in [5.41, 5.74) is 2.98. The van der Waals surface area contributed by atoms with Crippen LogP contribution in [0.15, 0.2) is 54.7 Å². The zero-order chi connectivity index (χ0) is 20.5. The normalized spacial score (nSPS) is 16.1. The number of carbonyl (C=O) groups excluding carboxylic acids is 1. The minimum Gasteiger partial charge on any atom is -0.497 e. The fourth-order valence-electron chi connectivity index (χ4n) is 3.90. The standard InChI is InChI=1S/C23H22N2O4/c1-3-15-12-18-17-6-4-5-7-20(17)24-21(18)19(23(27)28)13-25(15)22(26)14-8-10-16(29-2)11-9-14/h4-11,13,15,24H,3,12H2,1-2H3,(H,27,28). The molecule has 4 rings (SSSR count). The molecule has 29 heavy (non-hydrogen) atoms. The highest BCUT2D eigenvalue weighted by Crippen LogP contribution is 2.34. The predicted octanol–water partition coefficient (Wildman–Crippen LogP) is 4.08. The Bertz CT molecular complexity index is 1110. The zero-order valence-corrected chi connectivity index (χ0v) is 16.3. The van der Waals surface area contributed by atoms with Crippen molar-refractivity contribution < 1.29 is 19.4 Å². The molecule has 0 bridgehead atoms. The third-order valence-corrected chi connectivity index (χ3v) is 5.46. The zero-order valence-electron chi connectivity index (χ0n) is 16.3. The molecule has 6 nitrogen and oxygen atoms in total. The number of carboxylic acids is 1. The number of methoxy groups -OCH3 is 1. The molecule has 1 amide bonds. The van der Waals surface area contributed by atoms with Crippen LogP contribution in [0, 0.1) is 0 Å². The number of carboxylic acid groups (broad SMARTS) is 1. The number of fused-ring (bicyclic) bond motifs is 3. The van der Waals surface area contributed by atoms with Gasteiger partial charge >= 0.3 is 5.97 Å². The van der Waals surface area contributed by atoms with Gasteiger partial charge in [-0.2, -0.15) is 0 Å². The van der Waals surface area contributed by atoms with Gasteiger partial charge in [0.25, 0.3) is 5.91 Å². The number of aliphatic carboxylic acids is 1. The lowest BCUT2D eigenvalue weighted by atomic mass is 9.99. The van der Waals surface area contributed by atoms with Crippen molar-refractivity contribution in [1.82, 2.24) is 9.88 Å². The summed E-state index contributed by atoms with van der Waals surface area (Å²) in [4.78, 5) is 30.2. The Morgan fingerprint density at radius 2 is 1.90 bits per heavy atom. The highest BCUT2D eigenvalue weighted by molar-refractivity contribution is 6.17. The van der Waals surface area contributed by atoms with Gasteiger partial charge in [0.05, 0.1) is 18.4 Å². The molecule has 0 spiro atoms. The van der Waals surface area contributed by atoms with Crippen LogP contribution in [-0.2, 0) is 11.2 Å². The highest BCUT2D eigenvalue weighted by atomic mass is 16.5. The van der Waals surface area contributed by atoms with E-state index in [0.29, 0.717) is 29.8 Å². The second-order valence-electron chi connectivity index (χ2n) is 7.08. The van der Waals surface area contributed by atoms with Crippen molar-refractivity contribution in [3.05, 3.63) is 71.6 Å². The summed E-state index contributed by atoms with van der Waals surface area (Å²) >= 11 is 0. The number of carbonyl (C=O) groups is 2. The summed E-state index contributed by atoms with van der Waals surface area (Å²) in [6.07, 6.45) is 2.75. The second-order valence-corrected chi connectivity index (χ2v) is 7.08. The van der Waals surface area contributed by atoms with Gasteiger partial charge in [0.15, 0.2) is 0 Å². The molecule has 0 fully saturated rings. The van der Waals surface area contributed by atoms with E-state index in [1.807, 2.05) is 31.2 Å². The first-order valence-electron chi connectivity index (χ1n) is 9.55. The van der Waals surface area contributed by atoms with Gasteiger partial charge in [-0.25, -0.2) is 4.79 Å². The highest BCUT2D eigenvalue weighted by Gasteiger charge is 2.31. The van der Waals surface area contributed by atoms with Crippen LogP contribution in [0.2, 0.25) is 0 Å². The van der Waals surface area contributed by atoms with Gasteiger partial charge in [0.1, 0.15) is 5.75 Å². The number of aromatic amines is 1. The van der Waals surface area contributed by atoms with Crippen molar-refractivity contribution in [3.8, 4) is 5.75 Å². The number of hydrogen-bond donors (Lipinski definition) is 2. The summed E-state index contributed by atoms with van der Waals surface area (Å²) in [5, 5.41) is 10.9. The molecule has 0 saturated carbocycles. The Kier molecular flexibility index (Phi) is 4.84. The topological polar surface area (TPSA) is 82.6 Å². The third kappa shape index (κ3) is 3.27. The predicted molar refractivity (Wildman–Crippen MR) is 111 cm³/mol. The van der Waals surface area contributed by atoms with E-state index in [1.54, 1.807) is 36.3 Å². The number of benzene rings is 2. The molecule has 0 radical (unpaired) electrons. The van der Waals surface area contributed by atoms with Crippen molar-refractivity contribution in [2.45, 2.75) is 25.8 Å². The number of nitrogens with one attached hydrogen (secondary N) is 1. The number of H-pyrrole nitrogens is 1. The fourth-order valence-corrected chi connectivity index (χ4v) is 3.90. The number of ether oxygens (including phenoxy) is 1. The van der Waals surface area contributed by atoms with Gasteiger partial charge in [-0.3, -0.25) is 4.79 Å². The van der Waals surface area contributed by atoms with Crippen LogP contribution < -0.4 is 4.74 Å². The largest absolute Gasteiger partial charge is 0.497 e. The van der Waals surface area contributed by atoms with Crippen LogP contribution in [0.1, 0.15) is 35.0 Å². The molecule has 2 aromatic carbocycles. The van der Waals surface area contributed by atoms with Gasteiger partial charge in [0.2, 0.25) is 0 Å². The van der Waals surface area contributed by atoms with E-state index in [1.165, 1.54) is 6.20 Å². The molecule has 6 heteroatoms. The second kappa shape index (κ2) is 7.47. The Hall–Kier alpha value is -3.54. The molecule has 1 aliphatic heterocycles. The van der Waals surface area contributed by atoms with E-state index >= 15 is 0 Å². The van der Waals surface area contributed by atoms with Crippen molar-refractivity contribution in [3.63, 3.8) is 0 Å². The Morgan fingerprint density at radius 1 is 1.17 bits per heavy atom. The lowest BCUT2D eigenvalue weighted by Crippen LogP contribution is -2.37. The first-order chi connectivity index (χ1) is 14.0. The molecule has 148 valence electrons. The average molecular weight is 390 g/mol. The maximum Gasteiger partial charge on any atom is 0.339 e. The van der Waals surface area contributed by atoms with Gasteiger partial charge in [0, 0.05) is 28.7 Å². The Morgan fingerprint density at radius 3 is 2.55 bits per heavy atom. The third-order valence-electron chi connectivity index (χ3n) is 5.46. The van der Waals surface area contributed by atoms with Crippen LogP contribution in [0.4, 0.5) is 0 Å². The first kappa shape index (κ1) is 18.8. The van der Waals surface area contributed by atoms with Crippen molar-refractivity contribution in [1.29, 1.82) is 0 Å². The maximum atomic E-state index is 13.3. The van der Waals surface area contributed by atoms with Crippen LogP contribution in [0.5, 0.6) is 5.75 Å². The summed E-state index contributed by atoms with van der Waals surface area (Å²) in [6.45, 7) is 2.01. The van der Waals surface area contributed by atoms with Gasteiger partial charge in [-0.05, 0) is 48.7 Å². The molecule has 1 unspecified atom stereocenters. The molecular formula is C23H22N2O4.